The second kappa shape index (κ2) is 14.6. The van der Waals surface area contributed by atoms with Gasteiger partial charge in [0, 0.05) is 47.0 Å². The molecule has 2 N–H and O–H groups in total. The van der Waals surface area contributed by atoms with Crippen LogP contribution in [0.2, 0.25) is 0 Å². The number of anilines is 4. The third-order valence-corrected chi connectivity index (χ3v) is 8.68. The number of nitrogens with one attached hydrogen (secondary N) is 2. The van der Waals surface area contributed by atoms with Gasteiger partial charge in [0.15, 0.2) is 0 Å². The summed E-state index contributed by atoms with van der Waals surface area (Å²) in [7, 11) is 0. The molecular formula is C40H37ClN3O4+. The van der Waals surface area contributed by atoms with Gasteiger partial charge in [-0.1, -0.05) is 54.6 Å². The molecule has 0 unspecified atom stereocenters. The summed E-state index contributed by atoms with van der Waals surface area (Å²) in [6, 6.07) is 40.0. The number of hydrogen-bond donors (Lipinski definition) is 2. The zero-order valence-corrected chi connectivity index (χ0v) is 27.5. The van der Waals surface area contributed by atoms with Crippen LogP contribution in [0.4, 0.5) is 22.7 Å². The minimum absolute atomic E-state index is 0. The van der Waals surface area contributed by atoms with E-state index in [0.29, 0.717) is 49.3 Å². The molecule has 8 heteroatoms. The van der Waals surface area contributed by atoms with E-state index in [4.69, 9.17) is 9.15 Å². The van der Waals surface area contributed by atoms with E-state index in [9.17, 15) is 9.59 Å². The van der Waals surface area contributed by atoms with E-state index in [1.165, 1.54) is 0 Å². The number of halogens is 1. The average Bonchev–Trinajstić information content (AvgIpc) is 3.11. The molecule has 242 valence electrons. The van der Waals surface area contributed by atoms with Gasteiger partial charge in [-0.25, -0.2) is 4.42 Å². The molecule has 0 radical (unpaired) electrons. The predicted octanol–water partition coefficient (Wildman–Crippen LogP) is 9.86. The number of esters is 1. The topological polar surface area (TPSA) is 82.0 Å². The number of carbonyl (C=O) groups is 2. The molecule has 6 aromatic rings. The first-order chi connectivity index (χ1) is 23.1. The molecule has 7 rings (SSSR count). The molecule has 48 heavy (non-hydrogen) atoms. The van der Waals surface area contributed by atoms with E-state index in [1.54, 1.807) is 0 Å². The van der Waals surface area contributed by atoms with Crippen LogP contribution >= 0.6 is 12.4 Å². The van der Waals surface area contributed by atoms with Gasteiger partial charge in [0.25, 0.3) is 5.91 Å². The fourth-order valence-electron chi connectivity index (χ4n) is 6.35. The largest absolute Gasteiger partial charge is 0.466 e. The number of nitrogens with zero attached hydrogens (tertiary/aromatic N) is 1. The third-order valence-electron chi connectivity index (χ3n) is 8.68. The van der Waals surface area contributed by atoms with Crippen LogP contribution < -0.4 is 10.6 Å². The first-order valence-corrected chi connectivity index (χ1v) is 16.1. The molecular weight excluding hydrogens is 622 g/mol. The van der Waals surface area contributed by atoms with Gasteiger partial charge >= 0.3 is 17.1 Å². The summed E-state index contributed by atoms with van der Waals surface area (Å²) in [6.07, 6.45) is 1.19. The summed E-state index contributed by atoms with van der Waals surface area (Å²) >= 11 is 0. The Morgan fingerprint density at radius 2 is 1.23 bits per heavy atom. The van der Waals surface area contributed by atoms with Crippen molar-refractivity contribution in [1.29, 1.82) is 0 Å². The maximum Gasteiger partial charge on any atom is 0.363 e. The number of amides is 1. The molecule has 1 aliphatic rings. The van der Waals surface area contributed by atoms with Crippen molar-refractivity contribution in [2.45, 2.75) is 19.8 Å². The molecule has 5 aromatic carbocycles. The fourth-order valence-corrected chi connectivity index (χ4v) is 6.35. The highest BCUT2D eigenvalue weighted by atomic mass is 35.5. The van der Waals surface area contributed by atoms with Crippen LogP contribution in [0.25, 0.3) is 33.1 Å². The smallest absolute Gasteiger partial charge is 0.363 e. The number of ether oxygens (including phenoxy) is 1. The van der Waals surface area contributed by atoms with Gasteiger partial charge in [-0.15, -0.1) is 12.4 Å². The SMILES string of the molecule is CCOC(=O)C1CCN(C(=O)c2ccccc2-c2c3ccc(Nc4ccccc4)cc3[o+]c3cc(Nc4ccccc4)ccc23)CC1.Cl. The maximum atomic E-state index is 14.1. The average molecular weight is 659 g/mol. The number of carbonyl (C=O) groups excluding carboxylic acids is 2. The van der Waals surface area contributed by atoms with E-state index in [2.05, 4.69) is 22.8 Å². The first-order valence-electron chi connectivity index (χ1n) is 16.1. The van der Waals surface area contributed by atoms with Gasteiger partial charge in [-0.3, -0.25) is 9.59 Å². The van der Waals surface area contributed by atoms with Crippen molar-refractivity contribution >= 4 is 69.0 Å². The molecule has 1 amide bonds. The molecule has 7 nitrogen and oxygen atoms in total. The Kier molecular flexibility index (Phi) is 9.88. The Labute approximate surface area is 285 Å². The lowest BCUT2D eigenvalue weighted by molar-refractivity contribution is -0.149. The van der Waals surface area contributed by atoms with Crippen LogP contribution in [-0.2, 0) is 9.53 Å². The molecule has 0 atom stereocenters. The molecule has 1 saturated heterocycles. The molecule has 0 aliphatic carbocycles. The summed E-state index contributed by atoms with van der Waals surface area (Å²) < 4.78 is 11.9. The van der Waals surface area contributed by atoms with Crippen molar-refractivity contribution in [3.63, 3.8) is 0 Å². The van der Waals surface area contributed by atoms with Gasteiger partial charge in [0.05, 0.1) is 35.4 Å². The lowest BCUT2D eigenvalue weighted by Gasteiger charge is -2.31. The maximum absolute atomic E-state index is 14.1. The Bertz CT molecular complexity index is 1960. The monoisotopic (exact) mass is 658 g/mol. The number of para-hydroxylation sites is 2. The lowest BCUT2D eigenvalue weighted by atomic mass is 9.91. The standard InChI is InChI=1S/C40H36N3O4.ClH/c1-2-46-40(45)27-21-23-43(24-22-27)39(44)33-16-10-9-15-32(33)38-34-19-17-30(41-28-11-5-3-6-12-28)25-36(34)47-37-26-31(18-20-35(37)38)42-29-13-7-4-8-14-29;/h3-20,25-27,41-42H,2,21-24H2,1H3;1H/q+1;. The minimum atomic E-state index is -0.173. The van der Waals surface area contributed by atoms with Crippen LogP contribution in [0.1, 0.15) is 30.1 Å². The van der Waals surface area contributed by atoms with Gasteiger partial charge < -0.3 is 20.3 Å². The van der Waals surface area contributed by atoms with E-state index in [1.807, 2.05) is 121 Å². The van der Waals surface area contributed by atoms with Crippen molar-refractivity contribution in [3.05, 3.63) is 127 Å². The fraction of sp³-hybridized carbons (Fsp3) is 0.175. The van der Waals surface area contributed by atoms with Crippen molar-refractivity contribution in [3.8, 4) is 11.1 Å². The number of piperidine rings is 1. The Morgan fingerprint density at radius 1 is 0.708 bits per heavy atom. The number of benzene rings is 5. The zero-order chi connectivity index (χ0) is 32.2. The molecule has 0 spiro atoms. The molecule has 1 aliphatic heterocycles. The van der Waals surface area contributed by atoms with Crippen LogP contribution in [-0.4, -0.2) is 36.5 Å². The van der Waals surface area contributed by atoms with Crippen LogP contribution in [0.5, 0.6) is 0 Å². The predicted molar refractivity (Wildman–Crippen MR) is 196 cm³/mol. The first kappa shape index (κ1) is 32.5. The summed E-state index contributed by atoms with van der Waals surface area (Å²) in [5, 5.41) is 8.75. The normalized spacial score (nSPS) is 13.1. The van der Waals surface area contributed by atoms with E-state index >= 15 is 0 Å². The Hall–Kier alpha value is -5.40. The highest BCUT2D eigenvalue weighted by molar-refractivity contribution is 6.13. The number of fused-ring (bicyclic) bond motifs is 2. The van der Waals surface area contributed by atoms with Gasteiger partial charge in [0.2, 0.25) is 0 Å². The second-order valence-corrected chi connectivity index (χ2v) is 11.7. The second-order valence-electron chi connectivity index (χ2n) is 11.7. The number of hydrogen-bond acceptors (Lipinski definition) is 5. The summed E-state index contributed by atoms with van der Waals surface area (Å²) in [5.74, 6) is -0.391. The van der Waals surface area contributed by atoms with Crippen molar-refractivity contribution in [1.82, 2.24) is 4.90 Å². The lowest BCUT2D eigenvalue weighted by Crippen LogP contribution is -2.40. The van der Waals surface area contributed by atoms with E-state index in [0.717, 1.165) is 44.6 Å². The highest BCUT2D eigenvalue weighted by Crippen LogP contribution is 2.41. The highest BCUT2D eigenvalue weighted by Gasteiger charge is 2.31. The van der Waals surface area contributed by atoms with Crippen molar-refractivity contribution in [2.24, 2.45) is 5.92 Å². The molecule has 0 bridgehead atoms. The Balaban J connectivity index is 0.00000401. The van der Waals surface area contributed by atoms with E-state index < -0.39 is 0 Å². The molecule has 0 saturated carbocycles. The van der Waals surface area contributed by atoms with Gasteiger partial charge in [-0.05, 0) is 79.9 Å². The summed E-state index contributed by atoms with van der Waals surface area (Å²) in [6.45, 7) is 3.19. The van der Waals surface area contributed by atoms with Gasteiger partial charge in [0.1, 0.15) is 0 Å². The summed E-state index contributed by atoms with van der Waals surface area (Å²) in [5.41, 5.74) is 7.52. The zero-order valence-electron chi connectivity index (χ0n) is 26.6. The summed E-state index contributed by atoms with van der Waals surface area (Å²) in [4.78, 5) is 28.3. The molecule has 2 heterocycles. The van der Waals surface area contributed by atoms with Crippen LogP contribution in [0.3, 0.4) is 0 Å². The number of rotatable bonds is 8. The van der Waals surface area contributed by atoms with Crippen molar-refractivity contribution in [2.75, 3.05) is 30.3 Å². The minimum Gasteiger partial charge on any atom is -0.466 e. The number of likely N-dealkylation sites (tertiary alicyclic amines) is 1. The van der Waals surface area contributed by atoms with E-state index in [-0.39, 0.29) is 30.2 Å². The Morgan fingerprint density at radius 3 is 1.77 bits per heavy atom. The van der Waals surface area contributed by atoms with Crippen LogP contribution in [0.15, 0.2) is 126 Å². The molecule has 1 aromatic heterocycles. The third kappa shape index (κ3) is 6.82. The van der Waals surface area contributed by atoms with Gasteiger partial charge in [-0.2, -0.15) is 0 Å². The quantitative estimate of drug-likeness (QED) is 0.0962. The molecule has 1 fully saturated rings. The van der Waals surface area contributed by atoms with Crippen molar-refractivity contribution < 1.29 is 18.7 Å². The van der Waals surface area contributed by atoms with Crippen LogP contribution in [0, 0.1) is 5.92 Å².